The number of hydrogen-bond donors (Lipinski definition) is 1. The van der Waals surface area contributed by atoms with Crippen LogP contribution < -0.4 is 9.62 Å². The summed E-state index contributed by atoms with van der Waals surface area (Å²) in [7, 11) is 2.13. The van der Waals surface area contributed by atoms with Gasteiger partial charge in [0, 0.05) is 48.3 Å². The molecule has 18 heavy (non-hydrogen) atoms. The fourth-order valence-corrected chi connectivity index (χ4v) is 2.46. The van der Waals surface area contributed by atoms with E-state index in [2.05, 4.69) is 28.5 Å². The zero-order chi connectivity index (χ0) is 13.1. The molecule has 1 heterocycles. The average Bonchev–Trinajstić information content (AvgIpc) is 2.32. The van der Waals surface area contributed by atoms with E-state index in [1.807, 2.05) is 18.2 Å². The van der Waals surface area contributed by atoms with Crippen molar-refractivity contribution in [2.24, 2.45) is 0 Å². The van der Waals surface area contributed by atoms with Crippen LogP contribution in [0.4, 0.5) is 11.4 Å². The van der Waals surface area contributed by atoms with Gasteiger partial charge < -0.3 is 19.1 Å². The highest BCUT2D eigenvalue weighted by atomic mass is 32.2. The maximum absolute atomic E-state index is 10.6. The largest absolute Gasteiger partial charge is 0.755 e. The average molecular weight is 268 g/mol. The number of piperazine rings is 1. The van der Waals surface area contributed by atoms with Crippen molar-refractivity contribution >= 4 is 22.6 Å². The molecule has 1 fully saturated rings. The van der Waals surface area contributed by atoms with Crippen LogP contribution in [0.2, 0.25) is 0 Å². The summed E-state index contributed by atoms with van der Waals surface area (Å²) in [6.07, 6.45) is 0. The monoisotopic (exact) mass is 268 g/mol. The number of likely N-dealkylation sites (N-methyl/N-ethyl adjacent to an activating group) is 1. The molecule has 0 spiro atoms. The lowest BCUT2D eigenvalue weighted by Crippen LogP contribution is -2.50. The van der Waals surface area contributed by atoms with Crippen LogP contribution in [0.15, 0.2) is 24.3 Å². The Morgan fingerprint density at radius 1 is 1.44 bits per heavy atom. The standard InChI is InChI=1S/C12H19N3O2S/c1-10-9-15(7-6-14(10)2)12-5-3-4-11(8-12)13-18(16)17/h3-5,8,10,13H,6-7,9H2,1-2H3,(H,16,17)/p-1. The summed E-state index contributed by atoms with van der Waals surface area (Å²) >= 11 is -2.27. The van der Waals surface area contributed by atoms with Crippen LogP contribution >= 0.6 is 0 Å². The summed E-state index contributed by atoms with van der Waals surface area (Å²) < 4.78 is 23.6. The summed E-state index contributed by atoms with van der Waals surface area (Å²) in [5.41, 5.74) is 1.66. The molecule has 0 bridgehead atoms. The topological polar surface area (TPSA) is 58.6 Å². The maximum atomic E-state index is 10.6. The second-order valence-corrected chi connectivity index (χ2v) is 5.34. The van der Waals surface area contributed by atoms with E-state index in [1.165, 1.54) is 0 Å². The van der Waals surface area contributed by atoms with E-state index in [0.29, 0.717) is 11.7 Å². The lowest BCUT2D eigenvalue weighted by atomic mass is 10.1. The van der Waals surface area contributed by atoms with Crippen molar-refractivity contribution < 1.29 is 8.76 Å². The van der Waals surface area contributed by atoms with E-state index >= 15 is 0 Å². The maximum Gasteiger partial charge on any atom is 0.0473 e. The summed E-state index contributed by atoms with van der Waals surface area (Å²) in [5, 5.41) is 0. The van der Waals surface area contributed by atoms with Gasteiger partial charge in [-0.1, -0.05) is 6.07 Å². The van der Waals surface area contributed by atoms with Gasteiger partial charge in [0.15, 0.2) is 0 Å². The van der Waals surface area contributed by atoms with Crippen LogP contribution in [0.5, 0.6) is 0 Å². The highest BCUT2D eigenvalue weighted by Gasteiger charge is 2.20. The first-order valence-corrected chi connectivity index (χ1v) is 7.05. The molecule has 1 aromatic carbocycles. The van der Waals surface area contributed by atoms with E-state index in [1.54, 1.807) is 6.07 Å². The van der Waals surface area contributed by atoms with Gasteiger partial charge >= 0.3 is 0 Å². The van der Waals surface area contributed by atoms with Crippen molar-refractivity contribution in [3.05, 3.63) is 24.3 Å². The van der Waals surface area contributed by atoms with E-state index in [-0.39, 0.29) is 0 Å². The molecule has 2 atom stereocenters. The molecule has 5 nitrogen and oxygen atoms in total. The van der Waals surface area contributed by atoms with Crippen LogP contribution in [0.3, 0.4) is 0 Å². The SMILES string of the molecule is CC1CN(c2cccc(NS(=O)[O-])c2)CCN1C. The first kappa shape index (κ1) is 13.3. The van der Waals surface area contributed by atoms with Gasteiger partial charge in [0.25, 0.3) is 0 Å². The molecular formula is C12H18N3O2S-. The molecule has 1 aromatic rings. The van der Waals surface area contributed by atoms with Crippen LogP contribution in [-0.4, -0.2) is 46.4 Å². The number of nitrogens with one attached hydrogen (secondary N) is 1. The van der Waals surface area contributed by atoms with Gasteiger partial charge in [-0.15, -0.1) is 0 Å². The minimum Gasteiger partial charge on any atom is -0.755 e. The zero-order valence-corrected chi connectivity index (χ0v) is 11.4. The first-order valence-electron chi connectivity index (χ1n) is 5.97. The zero-order valence-electron chi connectivity index (χ0n) is 10.6. The van der Waals surface area contributed by atoms with E-state index in [4.69, 9.17) is 0 Å². The van der Waals surface area contributed by atoms with E-state index in [0.717, 1.165) is 25.3 Å². The molecule has 0 radical (unpaired) electrons. The summed E-state index contributed by atoms with van der Waals surface area (Å²) in [6, 6.07) is 8.00. The van der Waals surface area contributed by atoms with Gasteiger partial charge in [-0.05, 0) is 32.2 Å². The van der Waals surface area contributed by atoms with Gasteiger partial charge in [0.2, 0.25) is 0 Å². The minimum atomic E-state index is -2.27. The van der Waals surface area contributed by atoms with Gasteiger partial charge in [-0.2, -0.15) is 0 Å². The Kier molecular flexibility index (Phi) is 4.21. The molecule has 2 unspecified atom stereocenters. The normalized spacial score (nSPS) is 22.8. The second kappa shape index (κ2) is 5.69. The molecule has 1 saturated heterocycles. The Balaban J connectivity index is 2.11. The number of nitrogens with zero attached hydrogens (tertiary/aromatic N) is 2. The summed E-state index contributed by atoms with van der Waals surface area (Å²) in [4.78, 5) is 4.61. The predicted molar refractivity (Wildman–Crippen MR) is 73.3 cm³/mol. The smallest absolute Gasteiger partial charge is 0.0473 e. The molecule has 1 N–H and O–H groups in total. The Morgan fingerprint density at radius 2 is 2.22 bits per heavy atom. The first-order chi connectivity index (χ1) is 8.56. The van der Waals surface area contributed by atoms with Gasteiger partial charge in [0.05, 0.1) is 0 Å². The Labute approximate surface area is 110 Å². The van der Waals surface area contributed by atoms with Crippen molar-refractivity contribution in [1.29, 1.82) is 0 Å². The molecular weight excluding hydrogens is 250 g/mol. The van der Waals surface area contributed by atoms with Crippen LogP contribution in [0, 0.1) is 0 Å². The van der Waals surface area contributed by atoms with E-state index in [9.17, 15) is 8.76 Å². The predicted octanol–water partition coefficient (Wildman–Crippen LogP) is 1.03. The molecule has 0 aromatic heterocycles. The molecule has 6 heteroatoms. The highest BCUT2D eigenvalue weighted by molar-refractivity contribution is 7.80. The van der Waals surface area contributed by atoms with Crippen molar-refractivity contribution in [3.8, 4) is 0 Å². The molecule has 0 amide bonds. The Bertz CT molecular complexity index is 441. The number of rotatable bonds is 3. The molecule has 2 rings (SSSR count). The van der Waals surface area contributed by atoms with Crippen LogP contribution in [-0.2, 0) is 11.3 Å². The number of anilines is 2. The Hall–Kier alpha value is -1.11. The van der Waals surface area contributed by atoms with Crippen LogP contribution in [0.1, 0.15) is 6.92 Å². The van der Waals surface area contributed by atoms with Crippen molar-refractivity contribution in [3.63, 3.8) is 0 Å². The third-order valence-electron chi connectivity index (χ3n) is 3.37. The van der Waals surface area contributed by atoms with Crippen molar-refractivity contribution in [2.45, 2.75) is 13.0 Å². The molecule has 0 aliphatic carbocycles. The van der Waals surface area contributed by atoms with Crippen molar-refractivity contribution in [1.82, 2.24) is 4.90 Å². The molecule has 100 valence electrons. The van der Waals surface area contributed by atoms with Crippen molar-refractivity contribution in [2.75, 3.05) is 36.3 Å². The van der Waals surface area contributed by atoms with Crippen LogP contribution in [0.25, 0.3) is 0 Å². The Morgan fingerprint density at radius 3 is 2.89 bits per heavy atom. The minimum absolute atomic E-state index is 0.504. The molecule has 0 saturated carbocycles. The number of hydrogen-bond acceptors (Lipinski definition) is 4. The lowest BCUT2D eigenvalue weighted by Gasteiger charge is -2.39. The summed E-state index contributed by atoms with van der Waals surface area (Å²) in [6.45, 7) is 5.14. The second-order valence-electron chi connectivity index (χ2n) is 4.66. The van der Waals surface area contributed by atoms with Gasteiger partial charge in [-0.25, -0.2) is 0 Å². The molecule has 1 aliphatic heterocycles. The number of benzene rings is 1. The molecule has 1 aliphatic rings. The quantitative estimate of drug-likeness (QED) is 0.832. The third kappa shape index (κ3) is 3.22. The van der Waals surface area contributed by atoms with Gasteiger partial charge in [-0.3, -0.25) is 4.21 Å². The van der Waals surface area contributed by atoms with E-state index < -0.39 is 11.3 Å². The fraction of sp³-hybridized carbons (Fsp3) is 0.500. The fourth-order valence-electron chi connectivity index (χ4n) is 2.15. The third-order valence-corrected chi connectivity index (χ3v) is 3.77. The lowest BCUT2D eigenvalue weighted by molar-refractivity contribution is 0.234. The summed E-state index contributed by atoms with van der Waals surface area (Å²) in [5.74, 6) is 0. The van der Waals surface area contributed by atoms with Gasteiger partial charge in [0.1, 0.15) is 0 Å². The highest BCUT2D eigenvalue weighted by Crippen LogP contribution is 2.22.